The Labute approximate surface area is 144 Å². The molecular formula is C17H19N5OS. The lowest BCUT2D eigenvalue weighted by molar-refractivity contribution is 0.0954. The number of nitrogens with one attached hydrogen (secondary N) is 1. The number of amides is 1. The fraction of sp³-hybridized carbons (Fsp3) is 0.294. The van der Waals surface area contributed by atoms with Crippen LogP contribution in [0.25, 0.3) is 5.69 Å². The number of carbonyl (C=O) groups excluding carboxylic acids is 1. The number of carbonyl (C=O) groups is 1. The SMILES string of the molecule is Cc1cc(C)n(-c2ccc(C(=O)NCCc3nnc(C)s3)cc2)n1. The largest absolute Gasteiger partial charge is 0.352 e. The van der Waals surface area contributed by atoms with Crippen LogP contribution in [-0.2, 0) is 6.42 Å². The molecular weight excluding hydrogens is 322 g/mol. The molecule has 0 atom stereocenters. The van der Waals surface area contributed by atoms with Crippen molar-refractivity contribution >= 4 is 17.2 Å². The van der Waals surface area contributed by atoms with Crippen molar-refractivity contribution in [1.29, 1.82) is 0 Å². The molecule has 24 heavy (non-hydrogen) atoms. The summed E-state index contributed by atoms with van der Waals surface area (Å²) in [5.41, 5.74) is 3.62. The third-order valence-electron chi connectivity index (χ3n) is 3.58. The Morgan fingerprint density at radius 1 is 1.17 bits per heavy atom. The van der Waals surface area contributed by atoms with Gasteiger partial charge in [-0.15, -0.1) is 21.5 Å². The summed E-state index contributed by atoms with van der Waals surface area (Å²) in [5, 5.41) is 17.2. The number of benzene rings is 1. The van der Waals surface area contributed by atoms with Crippen LogP contribution in [0.2, 0.25) is 0 Å². The van der Waals surface area contributed by atoms with Gasteiger partial charge in [0, 0.05) is 24.2 Å². The van der Waals surface area contributed by atoms with Crippen molar-refractivity contribution in [3.05, 3.63) is 57.3 Å². The van der Waals surface area contributed by atoms with Crippen LogP contribution in [0.4, 0.5) is 0 Å². The molecule has 1 aromatic carbocycles. The maximum atomic E-state index is 12.2. The van der Waals surface area contributed by atoms with E-state index >= 15 is 0 Å². The Bertz CT molecular complexity index is 850. The van der Waals surface area contributed by atoms with E-state index in [1.165, 1.54) is 0 Å². The van der Waals surface area contributed by atoms with Gasteiger partial charge in [-0.3, -0.25) is 4.79 Å². The van der Waals surface area contributed by atoms with Crippen molar-refractivity contribution < 1.29 is 4.79 Å². The molecule has 0 aliphatic rings. The first-order valence-electron chi connectivity index (χ1n) is 7.74. The van der Waals surface area contributed by atoms with Crippen molar-refractivity contribution in [1.82, 2.24) is 25.3 Å². The summed E-state index contributed by atoms with van der Waals surface area (Å²) in [6.07, 6.45) is 0.696. The second-order valence-electron chi connectivity index (χ2n) is 5.61. The highest BCUT2D eigenvalue weighted by Gasteiger charge is 2.08. The number of hydrogen-bond donors (Lipinski definition) is 1. The zero-order valence-electron chi connectivity index (χ0n) is 13.9. The van der Waals surface area contributed by atoms with Crippen LogP contribution in [0.1, 0.15) is 31.8 Å². The molecule has 1 amide bonds. The average molecular weight is 341 g/mol. The maximum Gasteiger partial charge on any atom is 0.251 e. The lowest BCUT2D eigenvalue weighted by Gasteiger charge is -2.07. The highest BCUT2D eigenvalue weighted by Crippen LogP contribution is 2.13. The summed E-state index contributed by atoms with van der Waals surface area (Å²) in [6, 6.07) is 9.47. The van der Waals surface area contributed by atoms with Crippen LogP contribution >= 0.6 is 11.3 Å². The van der Waals surface area contributed by atoms with Gasteiger partial charge in [-0.25, -0.2) is 4.68 Å². The van der Waals surface area contributed by atoms with Gasteiger partial charge >= 0.3 is 0 Å². The normalized spacial score (nSPS) is 10.8. The zero-order valence-corrected chi connectivity index (χ0v) is 14.7. The molecule has 2 heterocycles. The lowest BCUT2D eigenvalue weighted by atomic mass is 10.2. The quantitative estimate of drug-likeness (QED) is 0.774. The number of nitrogens with zero attached hydrogens (tertiary/aromatic N) is 4. The second-order valence-corrected chi connectivity index (χ2v) is 6.87. The first kappa shape index (κ1) is 16.3. The van der Waals surface area contributed by atoms with Gasteiger partial charge in [0.2, 0.25) is 0 Å². The van der Waals surface area contributed by atoms with E-state index in [1.54, 1.807) is 11.3 Å². The van der Waals surface area contributed by atoms with Gasteiger partial charge in [0.25, 0.3) is 5.91 Å². The van der Waals surface area contributed by atoms with Crippen LogP contribution in [0.15, 0.2) is 30.3 Å². The Kier molecular flexibility index (Phi) is 4.71. The van der Waals surface area contributed by atoms with Gasteiger partial charge in [-0.05, 0) is 51.1 Å². The fourth-order valence-electron chi connectivity index (χ4n) is 2.47. The van der Waals surface area contributed by atoms with Gasteiger partial charge in [0.05, 0.1) is 11.4 Å². The highest BCUT2D eigenvalue weighted by molar-refractivity contribution is 7.11. The van der Waals surface area contributed by atoms with Gasteiger partial charge in [-0.2, -0.15) is 5.10 Å². The van der Waals surface area contributed by atoms with Crippen molar-refractivity contribution in [2.24, 2.45) is 0 Å². The van der Waals surface area contributed by atoms with Gasteiger partial charge < -0.3 is 5.32 Å². The molecule has 0 bridgehead atoms. The van der Waals surface area contributed by atoms with Crippen LogP contribution in [0.5, 0.6) is 0 Å². The minimum Gasteiger partial charge on any atom is -0.352 e. The molecule has 124 valence electrons. The molecule has 0 aliphatic heterocycles. The summed E-state index contributed by atoms with van der Waals surface area (Å²) in [4.78, 5) is 12.2. The summed E-state index contributed by atoms with van der Waals surface area (Å²) in [5.74, 6) is -0.0869. The third-order valence-corrected chi connectivity index (χ3v) is 4.47. The van der Waals surface area contributed by atoms with Crippen LogP contribution < -0.4 is 5.32 Å². The molecule has 3 rings (SSSR count). The van der Waals surface area contributed by atoms with Gasteiger partial charge in [-0.1, -0.05) is 0 Å². The Morgan fingerprint density at radius 3 is 2.50 bits per heavy atom. The predicted octanol–water partition coefficient (Wildman–Crippen LogP) is 2.62. The number of rotatable bonds is 5. The topological polar surface area (TPSA) is 72.7 Å². The van der Waals surface area contributed by atoms with E-state index in [0.29, 0.717) is 18.5 Å². The summed E-state index contributed by atoms with van der Waals surface area (Å²) in [6.45, 7) is 6.44. The van der Waals surface area contributed by atoms with Crippen LogP contribution in [0.3, 0.4) is 0 Å². The van der Waals surface area contributed by atoms with Crippen molar-refractivity contribution in [2.45, 2.75) is 27.2 Å². The van der Waals surface area contributed by atoms with E-state index in [2.05, 4.69) is 20.6 Å². The van der Waals surface area contributed by atoms with Crippen LogP contribution in [-0.4, -0.2) is 32.4 Å². The Balaban J connectivity index is 1.60. The predicted molar refractivity (Wildman–Crippen MR) is 93.7 cm³/mol. The first-order valence-corrected chi connectivity index (χ1v) is 8.55. The minimum absolute atomic E-state index is 0.0869. The van der Waals surface area contributed by atoms with E-state index in [1.807, 2.05) is 55.8 Å². The van der Waals surface area contributed by atoms with Crippen molar-refractivity contribution in [2.75, 3.05) is 6.54 Å². The molecule has 0 radical (unpaired) electrons. The molecule has 0 fully saturated rings. The standard InChI is InChI=1S/C17H19N5OS/c1-11-10-12(2)22(21-11)15-6-4-14(5-7-15)17(23)18-9-8-16-20-19-13(3)24-16/h4-7,10H,8-9H2,1-3H3,(H,18,23). The van der Waals surface area contributed by atoms with E-state index < -0.39 is 0 Å². The molecule has 0 saturated heterocycles. The Morgan fingerprint density at radius 2 is 1.92 bits per heavy atom. The summed E-state index contributed by atoms with van der Waals surface area (Å²) in [7, 11) is 0. The van der Waals surface area contributed by atoms with Crippen molar-refractivity contribution in [3.63, 3.8) is 0 Å². The molecule has 0 unspecified atom stereocenters. The monoisotopic (exact) mass is 341 g/mol. The molecule has 6 nitrogen and oxygen atoms in total. The van der Waals surface area contributed by atoms with Crippen molar-refractivity contribution in [3.8, 4) is 5.69 Å². The third kappa shape index (κ3) is 3.68. The molecule has 0 aliphatic carbocycles. The smallest absolute Gasteiger partial charge is 0.251 e. The number of hydrogen-bond acceptors (Lipinski definition) is 5. The first-order chi connectivity index (χ1) is 11.5. The summed E-state index contributed by atoms with van der Waals surface area (Å²) < 4.78 is 1.87. The van der Waals surface area contributed by atoms with Gasteiger partial charge in [0.15, 0.2) is 0 Å². The molecule has 3 aromatic rings. The average Bonchev–Trinajstić information content (AvgIpc) is 3.12. The molecule has 0 spiro atoms. The molecule has 2 aromatic heterocycles. The number of aryl methyl sites for hydroxylation is 3. The second kappa shape index (κ2) is 6.92. The highest BCUT2D eigenvalue weighted by atomic mass is 32.1. The molecule has 1 N–H and O–H groups in total. The Hall–Kier alpha value is -2.54. The van der Waals surface area contributed by atoms with E-state index in [9.17, 15) is 4.79 Å². The number of aromatic nitrogens is 4. The zero-order chi connectivity index (χ0) is 17.1. The van der Waals surface area contributed by atoms with E-state index in [-0.39, 0.29) is 5.91 Å². The van der Waals surface area contributed by atoms with E-state index in [4.69, 9.17) is 0 Å². The molecule has 0 saturated carbocycles. The molecule has 7 heteroatoms. The lowest BCUT2D eigenvalue weighted by Crippen LogP contribution is -2.25. The fourth-order valence-corrected chi connectivity index (χ4v) is 3.18. The van der Waals surface area contributed by atoms with Gasteiger partial charge in [0.1, 0.15) is 10.0 Å². The minimum atomic E-state index is -0.0869. The van der Waals surface area contributed by atoms with E-state index in [0.717, 1.165) is 27.1 Å². The summed E-state index contributed by atoms with van der Waals surface area (Å²) >= 11 is 1.55. The maximum absolute atomic E-state index is 12.2. The van der Waals surface area contributed by atoms with Crippen LogP contribution in [0, 0.1) is 20.8 Å².